The van der Waals surface area contributed by atoms with Crippen LogP contribution in [0, 0.1) is 0 Å². The Morgan fingerprint density at radius 2 is 1.89 bits per heavy atom. The molecule has 5 rings (SSSR count). The van der Waals surface area contributed by atoms with Crippen LogP contribution in [-0.4, -0.2) is 50.9 Å². The molecule has 3 aromatic rings. The lowest BCUT2D eigenvalue weighted by Gasteiger charge is -2.22. The summed E-state index contributed by atoms with van der Waals surface area (Å²) in [5.41, 5.74) is 2.22. The van der Waals surface area contributed by atoms with E-state index >= 15 is 0 Å². The summed E-state index contributed by atoms with van der Waals surface area (Å²) in [5, 5.41) is 11.3. The average Bonchev–Trinajstić information content (AvgIpc) is 3.48. The molecule has 1 aromatic carbocycles. The second-order valence-electron chi connectivity index (χ2n) is 7.60. The van der Waals surface area contributed by atoms with Gasteiger partial charge in [-0.25, -0.2) is 0 Å². The van der Waals surface area contributed by atoms with Crippen molar-refractivity contribution in [3.8, 4) is 11.4 Å². The topological polar surface area (TPSA) is 65.0 Å². The van der Waals surface area contributed by atoms with Gasteiger partial charge in [-0.1, -0.05) is 30.0 Å². The summed E-state index contributed by atoms with van der Waals surface area (Å²) in [6.07, 6.45) is 8.42. The molecule has 0 amide bonds. The molecule has 0 bridgehead atoms. The summed E-state index contributed by atoms with van der Waals surface area (Å²) in [6, 6.07) is 8.34. The molecule has 2 aliphatic heterocycles. The van der Waals surface area contributed by atoms with Gasteiger partial charge in [0.2, 0.25) is 0 Å². The fourth-order valence-electron chi connectivity index (χ4n) is 4.11. The first kappa shape index (κ1) is 18.2. The summed E-state index contributed by atoms with van der Waals surface area (Å²) in [4.78, 5) is 3.36. The van der Waals surface area contributed by atoms with Crippen LogP contribution in [0.2, 0.25) is 0 Å². The minimum atomic E-state index is 0.241. The van der Waals surface area contributed by atoms with Gasteiger partial charge in [0.1, 0.15) is 0 Å². The zero-order valence-electron chi connectivity index (χ0n) is 16.0. The number of aromatic nitrogens is 4. The van der Waals surface area contributed by atoms with E-state index in [2.05, 4.69) is 37.9 Å². The maximum atomic E-state index is 5.92. The zero-order valence-corrected chi connectivity index (χ0v) is 16.8. The van der Waals surface area contributed by atoms with E-state index < -0.39 is 0 Å². The second kappa shape index (κ2) is 8.27. The first-order valence-corrected chi connectivity index (χ1v) is 11.2. The minimum absolute atomic E-state index is 0.241. The highest BCUT2D eigenvalue weighted by Gasteiger charge is 2.24. The molecule has 148 valence electrons. The van der Waals surface area contributed by atoms with E-state index in [1.54, 1.807) is 11.8 Å². The molecule has 6 nitrogen and oxygen atoms in total. The number of nitrogens with zero attached hydrogens (tertiary/aromatic N) is 3. The number of nitrogens with one attached hydrogen (secondary N) is 1. The number of hydrogen-bond acceptors (Lipinski definition) is 5. The summed E-state index contributed by atoms with van der Waals surface area (Å²) in [7, 11) is 0. The van der Waals surface area contributed by atoms with Crippen molar-refractivity contribution >= 4 is 22.7 Å². The van der Waals surface area contributed by atoms with Gasteiger partial charge in [0.05, 0.1) is 18.8 Å². The molecule has 4 heterocycles. The van der Waals surface area contributed by atoms with Crippen LogP contribution in [0.15, 0.2) is 35.6 Å². The standard InChI is InChI=1S/C21H26N4O2S/c1-2-9-19-17(8-1)18(12-22-19)20-23-24-21(25(20)13-15-7-5-11-26-15)28-14-16-6-3-4-10-27-16/h1-2,8-9,12,15-16,22H,3-7,10-11,13-14H2. The molecule has 0 radical (unpaired) electrons. The maximum Gasteiger partial charge on any atom is 0.191 e. The maximum absolute atomic E-state index is 5.92. The Bertz CT molecular complexity index is 926. The zero-order chi connectivity index (χ0) is 18.8. The summed E-state index contributed by atoms with van der Waals surface area (Å²) in [6.45, 7) is 2.54. The van der Waals surface area contributed by atoms with Gasteiger partial charge in [-0.15, -0.1) is 10.2 Å². The number of ether oxygens (including phenoxy) is 2. The van der Waals surface area contributed by atoms with Gasteiger partial charge < -0.3 is 14.5 Å². The number of thioether (sulfide) groups is 1. The molecular weight excluding hydrogens is 372 g/mol. The van der Waals surface area contributed by atoms with Gasteiger partial charge in [0.25, 0.3) is 0 Å². The van der Waals surface area contributed by atoms with Crippen molar-refractivity contribution in [2.45, 2.75) is 56.0 Å². The van der Waals surface area contributed by atoms with Crippen molar-refractivity contribution in [3.63, 3.8) is 0 Å². The van der Waals surface area contributed by atoms with Gasteiger partial charge in [0.15, 0.2) is 11.0 Å². The molecule has 2 atom stereocenters. The molecule has 0 spiro atoms. The summed E-state index contributed by atoms with van der Waals surface area (Å²) < 4.78 is 14.1. The van der Waals surface area contributed by atoms with Gasteiger partial charge >= 0.3 is 0 Å². The fourth-order valence-corrected chi connectivity index (χ4v) is 5.13. The van der Waals surface area contributed by atoms with Gasteiger partial charge in [0, 0.05) is 41.6 Å². The van der Waals surface area contributed by atoms with Crippen LogP contribution in [0.25, 0.3) is 22.3 Å². The number of benzene rings is 1. The van der Waals surface area contributed by atoms with Crippen molar-refractivity contribution in [1.82, 2.24) is 19.7 Å². The van der Waals surface area contributed by atoms with Crippen LogP contribution in [0.5, 0.6) is 0 Å². The quantitative estimate of drug-likeness (QED) is 0.628. The van der Waals surface area contributed by atoms with Crippen LogP contribution in [0.3, 0.4) is 0 Å². The van der Waals surface area contributed by atoms with Crippen molar-refractivity contribution < 1.29 is 9.47 Å². The number of hydrogen-bond donors (Lipinski definition) is 1. The third-order valence-electron chi connectivity index (χ3n) is 5.63. The fraction of sp³-hybridized carbons (Fsp3) is 0.524. The van der Waals surface area contributed by atoms with E-state index in [1.807, 2.05) is 12.3 Å². The Hall–Kier alpha value is -1.83. The number of H-pyrrole nitrogens is 1. The Morgan fingerprint density at radius 1 is 1.04 bits per heavy atom. The molecule has 2 fully saturated rings. The third-order valence-corrected chi connectivity index (χ3v) is 6.73. The molecule has 0 aliphatic carbocycles. The van der Waals surface area contributed by atoms with E-state index in [1.165, 1.54) is 18.2 Å². The van der Waals surface area contributed by atoms with E-state index in [0.717, 1.165) is 66.8 Å². The highest BCUT2D eigenvalue weighted by Crippen LogP contribution is 2.32. The Kier molecular flexibility index (Phi) is 5.38. The molecule has 1 N–H and O–H groups in total. The van der Waals surface area contributed by atoms with Crippen molar-refractivity contribution in [2.75, 3.05) is 19.0 Å². The van der Waals surface area contributed by atoms with Crippen molar-refractivity contribution in [1.29, 1.82) is 0 Å². The van der Waals surface area contributed by atoms with Crippen LogP contribution < -0.4 is 0 Å². The first-order chi connectivity index (χ1) is 13.9. The second-order valence-corrected chi connectivity index (χ2v) is 8.59. The molecule has 7 heteroatoms. The molecule has 0 saturated carbocycles. The monoisotopic (exact) mass is 398 g/mol. The minimum Gasteiger partial charge on any atom is -0.377 e. The lowest BCUT2D eigenvalue weighted by Crippen LogP contribution is -2.22. The van der Waals surface area contributed by atoms with Crippen LogP contribution in [0.4, 0.5) is 0 Å². The van der Waals surface area contributed by atoms with Gasteiger partial charge in [-0.3, -0.25) is 4.57 Å². The molecule has 2 unspecified atom stereocenters. The number of fused-ring (bicyclic) bond motifs is 1. The SMILES string of the molecule is c1ccc2c(-c3nnc(SCC4CCCCO4)n3CC3CCCO3)c[nH]c2c1. The molecular formula is C21H26N4O2S. The highest BCUT2D eigenvalue weighted by atomic mass is 32.2. The van der Waals surface area contributed by atoms with Gasteiger partial charge in [-0.05, 0) is 38.2 Å². The molecule has 2 aromatic heterocycles. The number of aromatic amines is 1. The van der Waals surface area contributed by atoms with Crippen LogP contribution in [-0.2, 0) is 16.0 Å². The Morgan fingerprint density at radius 3 is 2.75 bits per heavy atom. The normalized spacial score (nSPS) is 22.9. The van der Waals surface area contributed by atoms with Gasteiger partial charge in [-0.2, -0.15) is 0 Å². The number of rotatable bonds is 6. The summed E-state index contributed by atoms with van der Waals surface area (Å²) in [5.74, 6) is 1.84. The lowest BCUT2D eigenvalue weighted by atomic mass is 10.1. The first-order valence-electron chi connectivity index (χ1n) is 10.2. The number of para-hydroxylation sites is 1. The highest BCUT2D eigenvalue weighted by molar-refractivity contribution is 7.99. The Balaban J connectivity index is 1.45. The van der Waals surface area contributed by atoms with Crippen LogP contribution >= 0.6 is 11.8 Å². The smallest absolute Gasteiger partial charge is 0.191 e. The van der Waals surface area contributed by atoms with E-state index in [4.69, 9.17) is 9.47 Å². The summed E-state index contributed by atoms with van der Waals surface area (Å²) >= 11 is 1.76. The average molecular weight is 399 g/mol. The molecule has 28 heavy (non-hydrogen) atoms. The third kappa shape index (κ3) is 3.71. The van der Waals surface area contributed by atoms with Crippen molar-refractivity contribution in [2.24, 2.45) is 0 Å². The van der Waals surface area contributed by atoms with Crippen molar-refractivity contribution in [3.05, 3.63) is 30.5 Å². The Labute approximate surface area is 169 Å². The largest absolute Gasteiger partial charge is 0.377 e. The lowest BCUT2D eigenvalue weighted by molar-refractivity contribution is 0.0315. The molecule has 2 saturated heterocycles. The predicted octanol–water partition coefficient (Wildman–Crippen LogP) is 4.27. The van der Waals surface area contributed by atoms with E-state index in [9.17, 15) is 0 Å². The predicted molar refractivity (Wildman–Crippen MR) is 111 cm³/mol. The van der Waals surface area contributed by atoms with E-state index in [-0.39, 0.29) is 6.10 Å². The van der Waals surface area contributed by atoms with Crippen LogP contribution in [0.1, 0.15) is 32.1 Å². The molecule has 2 aliphatic rings. The van der Waals surface area contributed by atoms with E-state index in [0.29, 0.717) is 6.10 Å².